The fourth-order valence-corrected chi connectivity index (χ4v) is 3.89. The highest BCUT2D eigenvalue weighted by Gasteiger charge is 2.38. The minimum atomic E-state index is -0.590. The highest BCUT2D eigenvalue weighted by atomic mass is 35.5. The first-order valence-electron chi connectivity index (χ1n) is 9.02. The van der Waals surface area contributed by atoms with Gasteiger partial charge in [-0.2, -0.15) is 0 Å². The molecule has 0 unspecified atom stereocenters. The van der Waals surface area contributed by atoms with Gasteiger partial charge in [0.2, 0.25) is 5.91 Å². The lowest BCUT2D eigenvalue weighted by molar-refractivity contribution is -0.138. The molecule has 4 nitrogen and oxygen atoms in total. The van der Waals surface area contributed by atoms with Gasteiger partial charge in [-0.3, -0.25) is 9.69 Å². The number of halogens is 2. The number of carbonyl (C=O) groups is 1. The topological polar surface area (TPSA) is 49.6 Å². The number of hydrogen-bond donors (Lipinski definition) is 1. The molecule has 25 heavy (non-hydrogen) atoms. The maximum Gasteiger partial charge on any atom is 0.242 e. The highest BCUT2D eigenvalue weighted by molar-refractivity contribution is 5.86. The molecule has 1 aliphatic heterocycles. The molecular formula is C19H31Cl2N3O. The number of carbonyl (C=O) groups excluding carboxylic acids is 1. The third-order valence-corrected chi connectivity index (χ3v) is 5.30. The number of benzene rings is 1. The van der Waals surface area contributed by atoms with Crippen LogP contribution < -0.4 is 5.73 Å². The first-order valence-corrected chi connectivity index (χ1v) is 9.02. The summed E-state index contributed by atoms with van der Waals surface area (Å²) in [6.07, 6.45) is 6.16. The zero-order valence-electron chi connectivity index (χ0n) is 14.9. The number of amides is 1. The first-order chi connectivity index (χ1) is 11.2. The Morgan fingerprint density at radius 2 is 1.60 bits per heavy atom. The fourth-order valence-electron chi connectivity index (χ4n) is 3.89. The fraction of sp³-hybridized carbons (Fsp3) is 0.632. The Bertz CT molecular complexity index is 521. The maximum atomic E-state index is 12.9. The lowest BCUT2D eigenvalue weighted by Gasteiger charge is -2.36. The van der Waals surface area contributed by atoms with Crippen molar-refractivity contribution in [2.45, 2.75) is 50.6 Å². The van der Waals surface area contributed by atoms with E-state index in [-0.39, 0.29) is 30.7 Å². The summed E-state index contributed by atoms with van der Waals surface area (Å²) >= 11 is 0. The summed E-state index contributed by atoms with van der Waals surface area (Å²) in [5.74, 6) is 0.193. The van der Waals surface area contributed by atoms with E-state index in [1.165, 1.54) is 12.0 Å². The average Bonchev–Trinajstić information content (AvgIpc) is 2.81. The molecule has 3 rings (SSSR count). The van der Waals surface area contributed by atoms with Crippen LogP contribution in [-0.2, 0) is 11.3 Å². The SMILES string of the molecule is Cl.Cl.NC1(C(=O)N2CCCN(Cc3ccccc3)CC2)CCCCC1. The molecule has 1 saturated carbocycles. The van der Waals surface area contributed by atoms with Gasteiger partial charge in [-0.15, -0.1) is 24.8 Å². The van der Waals surface area contributed by atoms with E-state index in [0.717, 1.165) is 64.8 Å². The summed E-state index contributed by atoms with van der Waals surface area (Å²) in [5.41, 5.74) is 7.19. The highest BCUT2D eigenvalue weighted by Crippen LogP contribution is 2.28. The van der Waals surface area contributed by atoms with Gasteiger partial charge >= 0.3 is 0 Å². The number of hydrogen-bond acceptors (Lipinski definition) is 3. The van der Waals surface area contributed by atoms with Gasteiger partial charge < -0.3 is 10.6 Å². The maximum absolute atomic E-state index is 12.9. The van der Waals surface area contributed by atoms with Gasteiger partial charge in [0, 0.05) is 32.7 Å². The Hall–Kier alpha value is -0.810. The summed E-state index contributed by atoms with van der Waals surface area (Å²) in [6, 6.07) is 10.6. The predicted molar refractivity (Wildman–Crippen MR) is 107 cm³/mol. The molecular weight excluding hydrogens is 357 g/mol. The van der Waals surface area contributed by atoms with E-state index in [0.29, 0.717) is 0 Å². The molecule has 0 aromatic heterocycles. The normalized spacial score (nSPS) is 20.8. The van der Waals surface area contributed by atoms with Crippen molar-refractivity contribution in [3.05, 3.63) is 35.9 Å². The van der Waals surface area contributed by atoms with Crippen molar-refractivity contribution in [2.24, 2.45) is 5.73 Å². The molecule has 142 valence electrons. The average molecular weight is 388 g/mol. The van der Waals surface area contributed by atoms with Gasteiger partial charge in [0.25, 0.3) is 0 Å². The van der Waals surface area contributed by atoms with E-state index in [1.807, 2.05) is 4.90 Å². The van der Waals surface area contributed by atoms with Crippen LogP contribution in [0.25, 0.3) is 0 Å². The number of rotatable bonds is 3. The molecule has 1 saturated heterocycles. The van der Waals surface area contributed by atoms with E-state index in [4.69, 9.17) is 5.73 Å². The quantitative estimate of drug-likeness (QED) is 0.865. The molecule has 1 heterocycles. The van der Waals surface area contributed by atoms with Gasteiger partial charge in [-0.1, -0.05) is 49.6 Å². The molecule has 2 N–H and O–H groups in total. The molecule has 1 aromatic carbocycles. The van der Waals surface area contributed by atoms with Crippen molar-refractivity contribution < 1.29 is 4.79 Å². The summed E-state index contributed by atoms with van der Waals surface area (Å²) in [6.45, 7) is 4.62. The summed E-state index contributed by atoms with van der Waals surface area (Å²) < 4.78 is 0. The molecule has 0 bridgehead atoms. The Morgan fingerprint density at radius 1 is 0.920 bits per heavy atom. The van der Waals surface area contributed by atoms with Gasteiger partial charge in [0.15, 0.2) is 0 Å². The van der Waals surface area contributed by atoms with Crippen LogP contribution in [-0.4, -0.2) is 47.4 Å². The van der Waals surface area contributed by atoms with Gasteiger partial charge in [-0.05, 0) is 24.8 Å². The van der Waals surface area contributed by atoms with Gasteiger partial charge in [0.1, 0.15) is 0 Å². The second-order valence-corrected chi connectivity index (χ2v) is 7.12. The smallest absolute Gasteiger partial charge is 0.242 e. The van der Waals surface area contributed by atoms with Crippen molar-refractivity contribution in [3.8, 4) is 0 Å². The lowest BCUT2D eigenvalue weighted by atomic mass is 9.81. The standard InChI is InChI=1S/C19H29N3O.2ClH/c20-19(10-5-2-6-11-19)18(23)22-13-7-12-21(14-15-22)16-17-8-3-1-4-9-17;;/h1,3-4,8-9H,2,5-7,10-16,20H2;2*1H. The van der Waals surface area contributed by atoms with Crippen LogP contribution in [0.2, 0.25) is 0 Å². The summed E-state index contributed by atoms with van der Waals surface area (Å²) in [7, 11) is 0. The lowest BCUT2D eigenvalue weighted by Crippen LogP contribution is -2.56. The summed E-state index contributed by atoms with van der Waals surface area (Å²) in [5, 5.41) is 0. The molecule has 1 amide bonds. The molecule has 0 radical (unpaired) electrons. The van der Waals surface area contributed by atoms with Crippen molar-refractivity contribution in [1.82, 2.24) is 9.80 Å². The van der Waals surface area contributed by atoms with Crippen LogP contribution >= 0.6 is 24.8 Å². The van der Waals surface area contributed by atoms with Crippen molar-refractivity contribution in [1.29, 1.82) is 0 Å². The van der Waals surface area contributed by atoms with Crippen LogP contribution in [0.15, 0.2) is 30.3 Å². The van der Waals surface area contributed by atoms with E-state index in [9.17, 15) is 4.79 Å². The van der Waals surface area contributed by atoms with Crippen molar-refractivity contribution >= 4 is 30.7 Å². The van der Waals surface area contributed by atoms with Gasteiger partial charge in [0.05, 0.1) is 5.54 Å². The van der Waals surface area contributed by atoms with Crippen LogP contribution in [0.3, 0.4) is 0 Å². The minimum Gasteiger partial charge on any atom is -0.340 e. The van der Waals surface area contributed by atoms with Crippen molar-refractivity contribution in [2.75, 3.05) is 26.2 Å². The van der Waals surface area contributed by atoms with E-state index < -0.39 is 5.54 Å². The largest absolute Gasteiger partial charge is 0.340 e. The molecule has 0 atom stereocenters. The third-order valence-electron chi connectivity index (χ3n) is 5.30. The Morgan fingerprint density at radius 3 is 2.28 bits per heavy atom. The van der Waals surface area contributed by atoms with Crippen LogP contribution in [0.5, 0.6) is 0 Å². The molecule has 6 heteroatoms. The second-order valence-electron chi connectivity index (χ2n) is 7.12. The van der Waals surface area contributed by atoms with Crippen LogP contribution in [0.1, 0.15) is 44.1 Å². The zero-order valence-corrected chi connectivity index (χ0v) is 16.5. The summed E-state index contributed by atoms with van der Waals surface area (Å²) in [4.78, 5) is 17.4. The second kappa shape index (κ2) is 10.4. The monoisotopic (exact) mass is 387 g/mol. The van der Waals surface area contributed by atoms with E-state index in [2.05, 4.69) is 35.2 Å². The van der Waals surface area contributed by atoms with Crippen molar-refractivity contribution in [3.63, 3.8) is 0 Å². The molecule has 1 aromatic rings. The molecule has 1 aliphatic carbocycles. The van der Waals surface area contributed by atoms with Gasteiger partial charge in [-0.25, -0.2) is 0 Å². The molecule has 2 fully saturated rings. The van der Waals surface area contributed by atoms with E-state index >= 15 is 0 Å². The number of nitrogens with two attached hydrogens (primary N) is 1. The Balaban J connectivity index is 0.00000156. The van der Waals surface area contributed by atoms with E-state index in [1.54, 1.807) is 0 Å². The Kier molecular flexibility index (Phi) is 9.22. The third kappa shape index (κ3) is 5.85. The number of nitrogens with zero attached hydrogens (tertiary/aromatic N) is 2. The molecule has 2 aliphatic rings. The molecule has 0 spiro atoms. The van der Waals surface area contributed by atoms with Crippen LogP contribution in [0, 0.1) is 0 Å². The zero-order chi connectivity index (χ0) is 16.1. The Labute approximate surface area is 163 Å². The minimum absolute atomic E-state index is 0. The first kappa shape index (κ1) is 22.2. The predicted octanol–water partition coefficient (Wildman–Crippen LogP) is 3.23. The van der Waals surface area contributed by atoms with Crippen LogP contribution in [0.4, 0.5) is 0 Å².